The molecular formula is C25H20F2N2O4S. The minimum absolute atomic E-state index is 0.000291. The third kappa shape index (κ3) is 5.79. The lowest BCUT2D eigenvalue weighted by molar-refractivity contribution is -0.124. The van der Waals surface area contributed by atoms with E-state index >= 15 is 0 Å². The number of amides is 3. The van der Waals surface area contributed by atoms with E-state index in [9.17, 15) is 23.2 Å². The molecule has 0 unspecified atom stereocenters. The molecule has 1 aliphatic heterocycles. The smallest absolute Gasteiger partial charge is 0.387 e. The molecule has 174 valence electrons. The molecule has 1 fully saturated rings. The van der Waals surface area contributed by atoms with Crippen molar-refractivity contribution in [1.29, 1.82) is 0 Å². The van der Waals surface area contributed by atoms with Gasteiger partial charge in [0.05, 0.1) is 11.3 Å². The first-order valence-electron chi connectivity index (χ1n) is 10.4. The van der Waals surface area contributed by atoms with Crippen molar-refractivity contribution in [3.63, 3.8) is 0 Å². The Hall–Kier alpha value is -3.72. The maximum absolute atomic E-state index is 12.6. The molecule has 34 heavy (non-hydrogen) atoms. The lowest BCUT2D eigenvalue weighted by Gasteiger charge is -2.13. The summed E-state index contributed by atoms with van der Waals surface area (Å²) in [4.78, 5) is 38.5. The van der Waals surface area contributed by atoms with Crippen molar-refractivity contribution in [3.05, 3.63) is 82.8 Å². The van der Waals surface area contributed by atoms with Gasteiger partial charge in [0.15, 0.2) is 0 Å². The molecule has 0 aromatic heterocycles. The second-order valence-electron chi connectivity index (χ2n) is 7.49. The molecule has 9 heteroatoms. The molecule has 1 N–H and O–H groups in total. The zero-order chi connectivity index (χ0) is 24.1. The van der Waals surface area contributed by atoms with Crippen LogP contribution in [0.1, 0.15) is 11.1 Å². The van der Waals surface area contributed by atoms with Crippen molar-refractivity contribution in [2.75, 3.05) is 13.1 Å². The fourth-order valence-corrected chi connectivity index (χ4v) is 4.36. The molecule has 1 heterocycles. The standard InChI is InChI=1S/C25H20F2N2O4S/c26-24(27)33-20-9-6-16(7-10-20)14-21-23(31)29(25(32)34-21)12-11-28-22(30)15-17-5-8-18-3-1-2-4-19(18)13-17/h1-10,13-14,24H,11-12,15H2,(H,28,30)/b21-14-. The van der Waals surface area contributed by atoms with Crippen molar-refractivity contribution < 1.29 is 27.9 Å². The highest BCUT2D eigenvalue weighted by Crippen LogP contribution is 2.32. The number of nitrogens with zero attached hydrogens (tertiary/aromatic N) is 1. The molecule has 3 aromatic rings. The van der Waals surface area contributed by atoms with Gasteiger partial charge in [-0.15, -0.1) is 0 Å². The zero-order valence-electron chi connectivity index (χ0n) is 17.9. The molecule has 0 spiro atoms. The predicted octanol–water partition coefficient (Wildman–Crippen LogP) is 4.84. The van der Waals surface area contributed by atoms with Gasteiger partial charge in [-0.2, -0.15) is 8.78 Å². The van der Waals surface area contributed by atoms with E-state index in [4.69, 9.17) is 0 Å². The summed E-state index contributed by atoms with van der Waals surface area (Å²) in [5.41, 5.74) is 1.44. The van der Waals surface area contributed by atoms with Gasteiger partial charge in [-0.3, -0.25) is 19.3 Å². The van der Waals surface area contributed by atoms with E-state index in [-0.39, 0.29) is 36.1 Å². The Labute approximate surface area is 198 Å². The predicted molar refractivity (Wildman–Crippen MR) is 126 cm³/mol. The second kappa shape index (κ2) is 10.5. The molecule has 0 bridgehead atoms. The van der Waals surface area contributed by atoms with E-state index in [1.165, 1.54) is 30.3 Å². The maximum Gasteiger partial charge on any atom is 0.387 e. The molecule has 6 nitrogen and oxygen atoms in total. The molecule has 0 atom stereocenters. The largest absolute Gasteiger partial charge is 0.435 e. The number of carbonyl (C=O) groups is 3. The molecule has 4 rings (SSSR count). The van der Waals surface area contributed by atoms with Crippen molar-refractivity contribution in [2.45, 2.75) is 13.0 Å². The van der Waals surface area contributed by atoms with Crippen LogP contribution in [-0.4, -0.2) is 41.7 Å². The fraction of sp³-hybridized carbons (Fsp3) is 0.160. The molecule has 1 saturated heterocycles. The number of hydrogen-bond donors (Lipinski definition) is 1. The maximum atomic E-state index is 12.6. The quantitative estimate of drug-likeness (QED) is 0.465. The minimum Gasteiger partial charge on any atom is -0.435 e. The summed E-state index contributed by atoms with van der Waals surface area (Å²) in [5, 5.41) is 4.46. The average Bonchev–Trinajstić information content (AvgIpc) is 3.07. The Morgan fingerprint density at radius 3 is 2.50 bits per heavy atom. The number of benzene rings is 3. The van der Waals surface area contributed by atoms with Gasteiger partial charge < -0.3 is 10.1 Å². The average molecular weight is 483 g/mol. The fourth-order valence-electron chi connectivity index (χ4n) is 3.49. The lowest BCUT2D eigenvalue weighted by Crippen LogP contribution is -2.37. The van der Waals surface area contributed by atoms with Crippen molar-refractivity contribution >= 4 is 45.7 Å². The molecule has 1 aliphatic rings. The summed E-state index contributed by atoms with van der Waals surface area (Å²) in [6.45, 7) is -2.74. The first-order valence-corrected chi connectivity index (χ1v) is 11.3. The van der Waals surface area contributed by atoms with E-state index in [1.54, 1.807) is 0 Å². The normalized spacial score (nSPS) is 14.9. The van der Waals surface area contributed by atoms with Crippen molar-refractivity contribution in [1.82, 2.24) is 10.2 Å². The van der Waals surface area contributed by atoms with Gasteiger partial charge in [-0.1, -0.05) is 54.6 Å². The van der Waals surface area contributed by atoms with Crippen LogP contribution in [0.5, 0.6) is 5.75 Å². The Bertz CT molecular complexity index is 1260. The van der Waals surface area contributed by atoms with Crippen LogP contribution in [0.4, 0.5) is 13.6 Å². The highest BCUT2D eigenvalue weighted by atomic mass is 32.2. The van der Waals surface area contributed by atoms with E-state index in [1.807, 2.05) is 42.5 Å². The first kappa shape index (κ1) is 23.4. The molecule has 3 amide bonds. The highest BCUT2D eigenvalue weighted by Gasteiger charge is 2.34. The third-order valence-corrected chi connectivity index (χ3v) is 6.02. The number of thioether (sulfide) groups is 1. The number of alkyl halides is 2. The number of nitrogens with one attached hydrogen (secondary N) is 1. The van der Waals surface area contributed by atoms with Crippen LogP contribution in [0.3, 0.4) is 0 Å². The summed E-state index contributed by atoms with van der Waals surface area (Å²) < 4.78 is 28.8. The van der Waals surface area contributed by atoms with Gasteiger partial charge >= 0.3 is 6.61 Å². The lowest BCUT2D eigenvalue weighted by atomic mass is 10.1. The van der Waals surface area contributed by atoms with Crippen molar-refractivity contribution in [3.8, 4) is 5.75 Å². The van der Waals surface area contributed by atoms with Crippen LogP contribution in [0, 0.1) is 0 Å². The molecule has 3 aromatic carbocycles. The monoisotopic (exact) mass is 482 g/mol. The van der Waals surface area contributed by atoms with Crippen LogP contribution in [0.15, 0.2) is 71.6 Å². The molecule has 0 saturated carbocycles. The van der Waals surface area contributed by atoms with Crippen LogP contribution < -0.4 is 10.1 Å². The number of halogens is 2. The Morgan fingerprint density at radius 1 is 1.03 bits per heavy atom. The summed E-state index contributed by atoms with van der Waals surface area (Å²) in [6.07, 6.45) is 1.70. The number of hydrogen-bond acceptors (Lipinski definition) is 5. The van der Waals surface area contributed by atoms with Gasteiger partial charge in [-0.25, -0.2) is 0 Å². The van der Waals surface area contributed by atoms with Gasteiger partial charge in [0.2, 0.25) is 5.91 Å². The van der Waals surface area contributed by atoms with E-state index < -0.39 is 17.8 Å². The van der Waals surface area contributed by atoms with E-state index in [0.717, 1.165) is 33.0 Å². The van der Waals surface area contributed by atoms with Crippen LogP contribution >= 0.6 is 11.8 Å². The van der Waals surface area contributed by atoms with Crippen LogP contribution in [-0.2, 0) is 16.0 Å². The minimum atomic E-state index is -2.92. The zero-order valence-corrected chi connectivity index (χ0v) is 18.7. The van der Waals surface area contributed by atoms with Crippen molar-refractivity contribution in [2.24, 2.45) is 0 Å². The summed E-state index contributed by atoms with van der Waals surface area (Å²) in [6, 6.07) is 19.4. The number of rotatable bonds is 8. The second-order valence-corrected chi connectivity index (χ2v) is 8.48. The van der Waals surface area contributed by atoms with Crippen LogP contribution in [0.25, 0.3) is 16.8 Å². The summed E-state index contributed by atoms with van der Waals surface area (Å²) >= 11 is 0.789. The third-order valence-electron chi connectivity index (χ3n) is 5.11. The Morgan fingerprint density at radius 2 is 1.76 bits per heavy atom. The molecular weight excluding hydrogens is 462 g/mol. The van der Waals surface area contributed by atoms with E-state index in [0.29, 0.717) is 5.56 Å². The van der Waals surface area contributed by atoms with E-state index in [2.05, 4.69) is 10.1 Å². The van der Waals surface area contributed by atoms with Gasteiger partial charge in [0, 0.05) is 13.1 Å². The topological polar surface area (TPSA) is 75.7 Å². The summed E-state index contributed by atoms with van der Waals surface area (Å²) in [5.74, 6) is -0.671. The molecule has 0 aliphatic carbocycles. The number of imide groups is 1. The number of carbonyl (C=O) groups excluding carboxylic acids is 3. The summed E-state index contributed by atoms with van der Waals surface area (Å²) in [7, 11) is 0. The Kier molecular flexibility index (Phi) is 7.22. The van der Waals surface area contributed by atoms with Gasteiger partial charge in [-0.05, 0) is 51.9 Å². The van der Waals surface area contributed by atoms with Crippen LogP contribution in [0.2, 0.25) is 0 Å². The number of fused-ring (bicyclic) bond motifs is 1. The highest BCUT2D eigenvalue weighted by molar-refractivity contribution is 8.18. The first-order chi connectivity index (χ1) is 16.4. The van der Waals surface area contributed by atoms with Gasteiger partial charge in [0.1, 0.15) is 5.75 Å². The Balaban J connectivity index is 1.29. The number of ether oxygens (including phenoxy) is 1. The SMILES string of the molecule is O=C(Cc1ccc2ccccc2c1)NCCN1C(=O)S/C(=C\c2ccc(OC(F)F)cc2)C1=O. The van der Waals surface area contributed by atoms with Gasteiger partial charge in [0.25, 0.3) is 11.1 Å². The molecule has 0 radical (unpaired) electrons.